The van der Waals surface area contributed by atoms with Gasteiger partial charge < -0.3 is 10.4 Å². The Morgan fingerprint density at radius 3 is 2.80 bits per heavy atom. The zero-order valence-corrected chi connectivity index (χ0v) is 12.2. The van der Waals surface area contributed by atoms with Crippen molar-refractivity contribution in [1.82, 2.24) is 10.3 Å². The predicted molar refractivity (Wildman–Crippen MR) is 79.6 cm³/mol. The first-order valence-electron chi connectivity index (χ1n) is 6.58. The zero-order chi connectivity index (χ0) is 14.4. The number of nitrogens with one attached hydrogen (secondary N) is 1. The molecule has 0 radical (unpaired) electrons. The summed E-state index contributed by atoms with van der Waals surface area (Å²) >= 11 is 1.64. The number of hydrogen-bond acceptors (Lipinski definition) is 4. The molecule has 1 aromatic carbocycles. The fourth-order valence-corrected chi connectivity index (χ4v) is 2.67. The van der Waals surface area contributed by atoms with E-state index < -0.39 is 6.10 Å². The van der Waals surface area contributed by atoms with Crippen LogP contribution in [0.4, 0.5) is 0 Å². The van der Waals surface area contributed by atoms with Crippen LogP contribution < -0.4 is 5.32 Å². The zero-order valence-electron chi connectivity index (χ0n) is 11.4. The van der Waals surface area contributed by atoms with Crippen molar-refractivity contribution in [2.24, 2.45) is 0 Å². The van der Waals surface area contributed by atoms with Gasteiger partial charge in [-0.25, -0.2) is 4.98 Å². The lowest BCUT2D eigenvalue weighted by Crippen LogP contribution is -2.30. The third-order valence-electron chi connectivity index (χ3n) is 2.90. The molecule has 1 heterocycles. The molecule has 2 rings (SSSR count). The molecule has 1 amide bonds. The Balaban J connectivity index is 1.72. The van der Waals surface area contributed by atoms with E-state index in [0.717, 1.165) is 23.5 Å². The number of aromatic nitrogens is 1. The fraction of sp³-hybridized carbons (Fsp3) is 0.333. The van der Waals surface area contributed by atoms with E-state index in [9.17, 15) is 9.90 Å². The highest BCUT2D eigenvalue weighted by Gasteiger charge is 2.15. The van der Waals surface area contributed by atoms with Crippen molar-refractivity contribution in [2.75, 3.05) is 6.54 Å². The van der Waals surface area contributed by atoms with E-state index in [1.165, 1.54) is 0 Å². The first-order valence-corrected chi connectivity index (χ1v) is 7.46. The lowest BCUT2D eigenvalue weighted by atomic mass is 10.1. The van der Waals surface area contributed by atoms with Crippen molar-refractivity contribution in [3.05, 3.63) is 52.0 Å². The maximum atomic E-state index is 11.8. The highest BCUT2D eigenvalue weighted by atomic mass is 32.1. The average molecular weight is 290 g/mol. The molecule has 0 aliphatic carbocycles. The summed E-state index contributed by atoms with van der Waals surface area (Å²) in [5.41, 5.74) is 1.65. The maximum Gasteiger partial charge on any atom is 0.253 e. The van der Waals surface area contributed by atoms with Crippen molar-refractivity contribution in [3.8, 4) is 0 Å². The Labute approximate surface area is 122 Å². The second kappa shape index (κ2) is 7.17. The summed E-state index contributed by atoms with van der Waals surface area (Å²) in [5, 5.41) is 15.7. The van der Waals surface area contributed by atoms with Crippen LogP contribution in [0.3, 0.4) is 0 Å². The number of amides is 1. The molecule has 5 heteroatoms. The number of aliphatic hydroxyl groups is 1. The molecular weight excluding hydrogens is 272 g/mol. The second-order valence-corrected chi connectivity index (χ2v) is 5.53. The van der Waals surface area contributed by atoms with Crippen molar-refractivity contribution in [2.45, 2.75) is 25.9 Å². The molecule has 1 aromatic heterocycles. The first-order chi connectivity index (χ1) is 9.66. The Morgan fingerprint density at radius 1 is 1.40 bits per heavy atom. The van der Waals surface area contributed by atoms with Crippen LogP contribution in [-0.2, 0) is 11.2 Å². The topological polar surface area (TPSA) is 62.2 Å². The van der Waals surface area contributed by atoms with Gasteiger partial charge in [-0.15, -0.1) is 11.3 Å². The molecule has 1 unspecified atom stereocenters. The van der Waals surface area contributed by atoms with Gasteiger partial charge in [0.2, 0.25) is 0 Å². The standard InChI is InChI=1S/C15H18N2O2S/c1-11-10-20-13(17-11)8-5-9-16-15(19)14(18)12-6-3-2-4-7-12/h2-4,6-7,10,14,18H,5,8-9H2,1H3,(H,16,19). The van der Waals surface area contributed by atoms with Gasteiger partial charge in [0.25, 0.3) is 5.91 Å². The Morgan fingerprint density at radius 2 is 2.15 bits per heavy atom. The molecule has 4 nitrogen and oxygen atoms in total. The number of thiazole rings is 1. The smallest absolute Gasteiger partial charge is 0.253 e. The summed E-state index contributed by atoms with van der Waals surface area (Å²) < 4.78 is 0. The van der Waals surface area contributed by atoms with E-state index in [2.05, 4.69) is 10.3 Å². The van der Waals surface area contributed by atoms with Crippen molar-refractivity contribution >= 4 is 17.2 Å². The number of rotatable bonds is 6. The Hall–Kier alpha value is -1.72. The van der Waals surface area contributed by atoms with E-state index in [0.29, 0.717) is 12.1 Å². The number of benzene rings is 1. The number of nitrogens with zero attached hydrogens (tertiary/aromatic N) is 1. The fourth-order valence-electron chi connectivity index (χ4n) is 1.85. The van der Waals surface area contributed by atoms with Crippen LogP contribution in [0.15, 0.2) is 35.7 Å². The molecule has 0 saturated carbocycles. The van der Waals surface area contributed by atoms with E-state index in [1.54, 1.807) is 35.6 Å². The van der Waals surface area contributed by atoms with Gasteiger partial charge in [-0.1, -0.05) is 30.3 Å². The summed E-state index contributed by atoms with van der Waals surface area (Å²) in [6.07, 6.45) is 0.568. The van der Waals surface area contributed by atoms with Crippen LogP contribution in [0.25, 0.3) is 0 Å². The summed E-state index contributed by atoms with van der Waals surface area (Å²) in [7, 11) is 0. The van der Waals surface area contributed by atoms with Gasteiger partial charge in [0, 0.05) is 24.0 Å². The summed E-state index contributed by atoms with van der Waals surface area (Å²) in [4.78, 5) is 16.2. The minimum absolute atomic E-state index is 0.355. The third kappa shape index (κ3) is 4.15. The molecule has 0 aliphatic rings. The van der Waals surface area contributed by atoms with E-state index in [-0.39, 0.29) is 5.91 Å². The molecule has 0 fully saturated rings. The number of aryl methyl sites for hydroxylation is 2. The average Bonchev–Trinajstić information content (AvgIpc) is 2.89. The quantitative estimate of drug-likeness (QED) is 0.802. The molecule has 2 N–H and O–H groups in total. The molecule has 1 atom stereocenters. The van der Waals surface area contributed by atoms with Crippen LogP contribution in [-0.4, -0.2) is 22.5 Å². The second-order valence-electron chi connectivity index (χ2n) is 4.59. The third-order valence-corrected chi connectivity index (χ3v) is 3.92. The van der Waals surface area contributed by atoms with Crippen molar-refractivity contribution < 1.29 is 9.90 Å². The molecule has 20 heavy (non-hydrogen) atoms. The monoisotopic (exact) mass is 290 g/mol. The number of carbonyl (C=O) groups excluding carboxylic acids is 1. The molecule has 2 aromatic rings. The van der Waals surface area contributed by atoms with Crippen LogP contribution >= 0.6 is 11.3 Å². The van der Waals surface area contributed by atoms with Crippen LogP contribution in [0, 0.1) is 6.92 Å². The molecular formula is C15H18N2O2S. The molecule has 0 bridgehead atoms. The van der Waals surface area contributed by atoms with Gasteiger partial charge in [-0.3, -0.25) is 4.79 Å². The first kappa shape index (κ1) is 14.7. The lowest BCUT2D eigenvalue weighted by Gasteiger charge is -2.11. The summed E-state index contributed by atoms with van der Waals surface area (Å²) in [6.45, 7) is 2.51. The van der Waals surface area contributed by atoms with Crippen LogP contribution in [0.1, 0.15) is 28.8 Å². The molecule has 0 aliphatic heterocycles. The van der Waals surface area contributed by atoms with E-state index in [4.69, 9.17) is 0 Å². The largest absolute Gasteiger partial charge is 0.378 e. The van der Waals surface area contributed by atoms with Gasteiger partial charge in [0.15, 0.2) is 6.10 Å². The summed E-state index contributed by atoms with van der Waals surface area (Å²) in [6, 6.07) is 8.93. The normalized spacial score (nSPS) is 12.1. The molecule has 106 valence electrons. The predicted octanol–water partition coefficient (Wildman–Crippen LogP) is 2.23. The maximum absolute atomic E-state index is 11.8. The van der Waals surface area contributed by atoms with Gasteiger partial charge in [-0.2, -0.15) is 0 Å². The highest BCUT2D eigenvalue weighted by Crippen LogP contribution is 2.12. The van der Waals surface area contributed by atoms with E-state index >= 15 is 0 Å². The van der Waals surface area contributed by atoms with Gasteiger partial charge in [0.1, 0.15) is 0 Å². The van der Waals surface area contributed by atoms with Gasteiger partial charge >= 0.3 is 0 Å². The van der Waals surface area contributed by atoms with E-state index in [1.807, 2.05) is 18.4 Å². The minimum Gasteiger partial charge on any atom is -0.378 e. The number of hydrogen-bond donors (Lipinski definition) is 2. The Bertz CT molecular complexity index is 554. The molecule has 0 spiro atoms. The van der Waals surface area contributed by atoms with Crippen molar-refractivity contribution in [1.29, 1.82) is 0 Å². The highest BCUT2D eigenvalue weighted by molar-refractivity contribution is 7.09. The van der Waals surface area contributed by atoms with Gasteiger partial charge in [0.05, 0.1) is 5.01 Å². The van der Waals surface area contributed by atoms with Gasteiger partial charge in [-0.05, 0) is 18.9 Å². The number of aliphatic hydroxyl groups excluding tert-OH is 1. The SMILES string of the molecule is Cc1csc(CCCNC(=O)C(O)c2ccccc2)n1. The van der Waals surface area contributed by atoms with Crippen LogP contribution in [0.5, 0.6) is 0 Å². The molecule has 0 saturated heterocycles. The van der Waals surface area contributed by atoms with Crippen LogP contribution in [0.2, 0.25) is 0 Å². The lowest BCUT2D eigenvalue weighted by molar-refractivity contribution is -0.129. The number of carbonyl (C=O) groups is 1. The minimum atomic E-state index is -1.10. The Kier molecular flexibility index (Phi) is 5.26. The summed E-state index contributed by atoms with van der Waals surface area (Å²) in [5.74, 6) is -0.355. The van der Waals surface area contributed by atoms with Crippen molar-refractivity contribution in [3.63, 3.8) is 0 Å².